The van der Waals surface area contributed by atoms with Crippen molar-refractivity contribution < 1.29 is 29.0 Å². The normalized spacial score (nSPS) is 11.2. The first kappa shape index (κ1) is 20.5. The molecule has 30 heavy (non-hydrogen) atoms. The Hall–Kier alpha value is -4.19. The van der Waals surface area contributed by atoms with Crippen molar-refractivity contribution in [2.24, 2.45) is 0 Å². The molecule has 0 aliphatic rings. The van der Waals surface area contributed by atoms with Crippen LogP contribution < -0.4 is 4.74 Å². The molecule has 0 aliphatic carbocycles. The van der Waals surface area contributed by atoms with Gasteiger partial charge in [-0.15, -0.1) is 0 Å². The molecule has 0 aromatic heterocycles. The first-order valence-corrected chi connectivity index (χ1v) is 9.05. The van der Waals surface area contributed by atoms with Crippen LogP contribution in [0.1, 0.15) is 28.4 Å². The van der Waals surface area contributed by atoms with E-state index in [1.165, 1.54) is 31.2 Å². The third kappa shape index (κ3) is 4.99. The minimum atomic E-state index is -1.22. The lowest BCUT2D eigenvalue weighted by atomic mass is 10.0. The molecular weight excluding hydrogens is 384 g/mol. The molecule has 0 unspecified atom stereocenters. The average Bonchev–Trinajstić information content (AvgIpc) is 2.78. The molecule has 0 saturated carbocycles. The van der Waals surface area contributed by atoms with Crippen molar-refractivity contribution in [1.82, 2.24) is 0 Å². The monoisotopic (exact) mass is 402 g/mol. The highest BCUT2D eigenvalue weighted by Crippen LogP contribution is 2.22. The van der Waals surface area contributed by atoms with Gasteiger partial charge >= 0.3 is 12.1 Å². The van der Waals surface area contributed by atoms with Crippen LogP contribution in [-0.4, -0.2) is 23.0 Å². The van der Waals surface area contributed by atoms with Gasteiger partial charge in [0.05, 0.1) is 5.57 Å². The van der Waals surface area contributed by atoms with Crippen molar-refractivity contribution in [3.8, 4) is 5.75 Å². The summed E-state index contributed by atoms with van der Waals surface area (Å²) in [6.45, 7) is 1.34. The minimum absolute atomic E-state index is 0.107. The lowest BCUT2D eigenvalue weighted by molar-refractivity contribution is -0.132. The van der Waals surface area contributed by atoms with E-state index in [0.29, 0.717) is 16.7 Å². The highest BCUT2D eigenvalue weighted by molar-refractivity contribution is 6.09. The molecule has 6 heteroatoms. The summed E-state index contributed by atoms with van der Waals surface area (Å²) >= 11 is 0. The Morgan fingerprint density at radius 3 is 1.73 bits per heavy atom. The molecule has 0 heterocycles. The van der Waals surface area contributed by atoms with Crippen molar-refractivity contribution in [1.29, 1.82) is 0 Å². The van der Waals surface area contributed by atoms with Crippen LogP contribution in [0.5, 0.6) is 5.75 Å². The summed E-state index contributed by atoms with van der Waals surface area (Å²) in [7, 11) is 0. The maximum Gasteiger partial charge on any atom is 0.519 e. The van der Waals surface area contributed by atoms with Gasteiger partial charge in [-0.25, -0.2) is 9.59 Å². The van der Waals surface area contributed by atoms with Gasteiger partial charge in [0.25, 0.3) is 0 Å². The minimum Gasteiger partial charge on any atom is -0.478 e. The first-order chi connectivity index (χ1) is 14.5. The molecular formula is C24H18O6. The van der Waals surface area contributed by atoms with Crippen LogP contribution >= 0.6 is 0 Å². The molecule has 0 bridgehead atoms. The van der Waals surface area contributed by atoms with Gasteiger partial charge in [-0.1, -0.05) is 60.7 Å². The second kappa shape index (κ2) is 9.34. The highest BCUT2D eigenvalue weighted by atomic mass is 16.7. The fourth-order valence-electron chi connectivity index (χ4n) is 2.67. The topological polar surface area (TPSA) is 89.9 Å². The number of ether oxygens (including phenoxy) is 2. The van der Waals surface area contributed by atoms with Crippen molar-refractivity contribution in [3.63, 3.8) is 0 Å². The summed E-state index contributed by atoms with van der Waals surface area (Å²) in [5.41, 5.74) is 1.28. The smallest absolute Gasteiger partial charge is 0.478 e. The molecule has 3 rings (SSSR count). The molecule has 3 aromatic carbocycles. The van der Waals surface area contributed by atoms with E-state index >= 15 is 0 Å². The fraction of sp³-hybridized carbons (Fsp3) is 0.0417. The zero-order valence-electron chi connectivity index (χ0n) is 16.1. The van der Waals surface area contributed by atoms with E-state index in [0.717, 1.165) is 0 Å². The molecule has 0 fully saturated rings. The Bertz CT molecular complexity index is 1080. The zero-order valence-corrected chi connectivity index (χ0v) is 16.1. The number of aliphatic carboxylic acids is 1. The Labute approximate surface area is 173 Å². The maximum atomic E-state index is 12.4. The van der Waals surface area contributed by atoms with Gasteiger partial charge in [-0.2, -0.15) is 0 Å². The van der Waals surface area contributed by atoms with E-state index in [2.05, 4.69) is 0 Å². The van der Waals surface area contributed by atoms with Gasteiger partial charge in [0.15, 0.2) is 11.5 Å². The molecule has 0 atom stereocenters. The Morgan fingerprint density at radius 2 is 1.20 bits per heavy atom. The van der Waals surface area contributed by atoms with E-state index < -0.39 is 12.1 Å². The Kier molecular flexibility index (Phi) is 6.39. The number of carbonyl (C=O) groups is 3. The molecule has 0 aliphatic heterocycles. The van der Waals surface area contributed by atoms with Crippen LogP contribution in [0, 0.1) is 0 Å². The fourth-order valence-corrected chi connectivity index (χ4v) is 2.67. The highest BCUT2D eigenvalue weighted by Gasteiger charge is 2.18. The van der Waals surface area contributed by atoms with Gasteiger partial charge in [-0.05, 0) is 31.2 Å². The molecule has 0 spiro atoms. The summed E-state index contributed by atoms with van der Waals surface area (Å²) in [4.78, 5) is 36.0. The SMILES string of the molecule is CC(C(=O)O)=C(OC(=O)Oc1ccc(C(=O)c2ccccc2)cc1)c1ccccc1. The second-order valence-corrected chi connectivity index (χ2v) is 6.30. The zero-order chi connectivity index (χ0) is 21.5. The van der Waals surface area contributed by atoms with Crippen LogP contribution in [0.2, 0.25) is 0 Å². The van der Waals surface area contributed by atoms with Crippen molar-refractivity contribution in [2.45, 2.75) is 6.92 Å². The number of hydrogen-bond donors (Lipinski definition) is 1. The van der Waals surface area contributed by atoms with E-state index in [9.17, 15) is 19.5 Å². The number of carboxylic acid groups (broad SMARTS) is 1. The lowest BCUT2D eigenvalue weighted by Gasteiger charge is -2.11. The third-order valence-electron chi connectivity index (χ3n) is 4.24. The Morgan fingerprint density at radius 1 is 0.700 bits per heavy atom. The van der Waals surface area contributed by atoms with Crippen LogP contribution in [-0.2, 0) is 9.53 Å². The number of hydrogen-bond acceptors (Lipinski definition) is 5. The number of carbonyl (C=O) groups excluding carboxylic acids is 2. The molecule has 6 nitrogen and oxygen atoms in total. The van der Waals surface area contributed by atoms with E-state index in [4.69, 9.17) is 9.47 Å². The molecule has 3 aromatic rings. The van der Waals surface area contributed by atoms with Gasteiger partial charge in [0.2, 0.25) is 0 Å². The molecule has 0 amide bonds. The first-order valence-electron chi connectivity index (χ1n) is 9.05. The third-order valence-corrected chi connectivity index (χ3v) is 4.24. The van der Waals surface area contributed by atoms with E-state index in [1.54, 1.807) is 54.6 Å². The largest absolute Gasteiger partial charge is 0.519 e. The number of ketones is 1. The van der Waals surface area contributed by atoms with E-state index in [1.807, 2.05) is 6.07 Å². The maximum absolute atomic E-state index is 12.4. The Balaban J connectivity index is 1.73. The van der Waals surface area contributed by atoms with Gasteiger partial charge < -0.3 is 14.6 Å². The van der Waals surface area contributed by atoms with Crippen molar-refractivity contribution >= 4 is 23.7 Å². The van der Waals surface area contributed by atoms with Gasteiger partial charge in [-0.3, -0.25) is 4.79 Å². The number of carboxylic acids is 1. The molecule has 150 valence electrons. The second-order valence-electron chi connectivity index (χ2n) is 6.30. The summed E-state index contributed by atoms with van der Waals surface area (Å²) in [6.07, 6.45) is -1.09. The summed E-state index contributed by atoms with van der Waals surface area (Å²) in [5, 5.41) is 9.27. The summed E-state index contributed by atoms with van der Waals surface area (Å²) in [6, 6.07) is 23.2. The average molecular weight is 402 g/mol. The molecule has 1 N–H and O–H groups in total. The lowest BCUT2D eigenvalue weighted by Crippen LogP contribution is -2.13. The standard InChI is InChI=1S/C24H18O6/c1-16(23(26)27)22(19-10-6-3-7-11-19)30-24(28)29-20-14-12-18(13-15-20)21(25)17-8-4-2-5-9-17/h2-15H,1H3,(H,26,27). The summed E-state index contributed by atoms with van der Waals surface area (Å²) < 4.78 is 10.3. The van der Waals surface area contributed by atoms with Crippen LogP contribution in [0.15, 0.2) is 90.5 Å². The van der Waals surface area contributed by atoms with Gasteiger partial charge in [0.1, 0.15) is 5.75 Å². The predicted octanol–water partition coefficient (Wildman–Crippen LogP) is 4.95. The molecule has 0 radical (unpaired) electrons. The summed E-state index contributed by atoms with van der Waals surface area (Å²) in [5.74, 6) is -1.32. The quantitative estimate of drug-likeness (QED) is 0.206. The van der Waals surface area contributed by atoms with Crippen molar-refractivity contribution in [3.05, 3.63) is 107 Å². The van der Waals surface area contributed by atoms with Crippen LogP contribution in [0.4, 0.5) is 4.79 Å². The van der Waals surface area contributed by atoms with E-state index in [-0.39, 0.29) is 22.9 Å². The predicted molar refractivity (Wildman–Crippen MR) is 110 cm³/mol. The molecule has 0 saturated heterocycles. The van der Waals surface area contributed by atoms with Crippen LogP contribution in [0.25, 0.3) is 5.76 Å². The number of benzene rings is 3. The van der Waals surface area contributed by atoms with Crippen molar-refractivity contribution in [2.75, 3.05) is 0 Å². The van der Waals surface area contributed by atoms with Gasteiger partial charge in [0, 0.05) is 16.7 Å². The van der Waals surface area contributed by atoms with Crippen LogP contribution in [0.3, 0.4) is 0 Å². The number of rotatable bonds is 6.